The van der Waals surface area contributed by atoms with Gasteiger partial charge in [0.1, 0.15) is 36.8 Å². The van der Waals surface area contributed by atoms with Crippen molar-refractivity contribution in [3.05, 3.63) is 71.8 Å². The Labute approximate surface area is 331 Å². The summed E-state index contributed by atoms with van der Waals surface area (Å²) in [6.07, 6.45) is 1.84. The number of carbonyl (C=O) groups excluding carboxylic acids is 6. The molecule has 6 N–H and O–H groups in total. The van der Waals surface area contributed by atoms with Gasteiger partial charge in [0.05, 0.1) is 19.8 Å². The number of nitrogens with zero attached hydrogens (tertiary/aromatic N) is 1. The minimum Gasteiger partial charge on any atom is -0.459 e. The second-order valence-corrected chi connectivity index (χ2v) is 15.7. The molecular formula is C42H62N6O8. The van der Waals surface area contributed by atoms with Crippen LogP contribution in [0.15, 0.2) is 60.7 Å². The highest BCUT2D eigenvalue weighted by atomic mass is 16.5. The Hall–Kier alpha value is -4.82. The summed E-state index contributed by atoms with van der Waals surface area (Å²) in [7, 11) is 0. The summed E-state index contributed by atoms with van der Waals surface area (Å²) < 4.78 is 11.5. The fraction of sp³-hybridized carbons (Fsp3) is 0.571. The maximum Gasteiger partial charge on any atom is 0.328 e. The number of ether oxygens (including phenoxy) is 2. The van der Waals surface area contributed by atoms with E-state index in [9.17, 15) is 28.8 Å². The van der Waals surface area contributed by atoms with Gasteiger partial charge in [-0.25, -0.2) is 4.79 Å². The molecule has 308 valence electrons. The number of nitrogens with one attached hydrogen (secondary N) is 4. The van der Waals surface area contributed by atoms with Crippen LogP contribution in [0.3, 0.4) is 0 Å². The first-order valence-electron chi connectivity index (χ1n) is 19.7. The molecule has 0 aromatic heterocycles. The number of hydrogen-bond donors (Lipinski definition) is 5. The Morgan fingerprint density at radius 1 is 0.679 bits per heavy atom. The molecule has 0 radical (unpaired) electrons. The molecule has 0 unspecified atom stereocenters. The quantitative estimate of drug-likeness (QED) is 0.112. The molecule has 1 aliphatic heterocycles. The Morgan fingerprint density at radius 2 is 1.20 bits per heavy atom. The van der Waals surface area contributed by atoms with Crippen LogP contribution in [-0.2, 0) is 51.5 Å². The molecule has 1 saturated heterocycles. The second kappa shape index (κ2) is 23.3. The normalized spacial score (nSPS) is 16.2. The van der Waals surface area contributed by atoms with E-state index in [1.54, 1.807) is 0 Å². The van der Waals surface area contributed by atoms with Crippen molar-refractivity contribution >= 4 is 35.5 Å². The zero-order valence-electron chi connectivity index (χ0n) is 33.8. The van der Waals surface area contributed by atoms with Gasteiger partial charge in [-0.05, 0) is 61.0 Å². The summed E-state index contributed by atoms with van der Waals surface area (Å²) in [5.74, 6) is -3.16. The molecule has 56 heavy (non-hydrogen) atoms. The van der Waals surface area contributed by atoms with Crippen molar-refractivity contribution in [3.63, 3.8) is 0 Å². The third-order valence-electron chi connectivity index (χ3n) is 9.27. The summed E-state index contributed by atoms with van der Waals surface area (Å²) in [6, 6.07) is 13.6. The molecule has 1 heterocycles. The standard InChI is InChI=1S/C42H62N6O8/c1-27(2)20-32(45-40(52)36-18-13-19-48(36)41(53)33(21-28(3)4)44-37(49)23-43)38(50)47-35(26-55-24-30-14-9-7-10-15-30)39(51)46-34(22-29(5)6)42(54)56-25-31-16-11-8-12-17-31/h7-12,14-17,27-29,32-36H,13,18-26,43H2,1-6H3,(H,44,49)(H,45,52)(H,46,51)(H,47,50)/t32-,33-,34-,35-,36-/m0/s1. The first kappa shape index (κ1) is 45.6. The van der Waals surface area contributed by atoms with E-state index >= 15 is 0 Å². The third kappa shape index (κ3) is 15.4. The Kier molecular flexibility index (Phi) is 19.0. The average molecular weight is 779 g/mol. The van der Waals surface area contributed by atoms with Crippen molar-refractivity contribution in [2.75, 3.05) is 19.7 Å². The van der Waals surface area contributed by atoms with Gasteiger partial charge in [-0.2, -0.15) is 0 Å². The molecular weight excluding hydrogens is 716 g/mol. The van der Waals surface area contributed by atoms with Crippen LogP contribution in [0.4, 0.5) is 0 Å². The monoisotopic (exact) mass is 778 g/mol. The Bertz CT molecular complexity index is 1570. The summed E-state index contributed by atoms with van der Waals surface area (Å²) >= 11 is 0. The van der Waals surface area contributed by atoms with Crippen LogP contribution in [0.1, 0.15) is 84.8 Å². The SMILES string of the molecule is CC(C)C[C@H](NC(=O)[C@@H]1CCCN1C(=O)[C@H](CC(C)C)NC(=O)CN)C(=O)N[C@@H](COCc1ccccc1)C(=O)N[C@@H](CC(C)C)C(=O)OCc1ccccc1. The van der Waals surface area contributed by atoms with Gasteiger partial charge in [-0.15, -0.1) is 0 Å². The fourth-order valence-electron chi connectivity index (χ4n) is 6.53. The number of carbonyl (C=O) groups is 6. The van der Waals surface area contributed by atoms with Crippen LogP contribution in [-0.4, -0.2) is 90.3 Å². The zero-order valence-corrected chi connectivity index (χ0v) is 33.8. The number of esters is 1. The summed E-state index contributed by atoms with van der Waals surface area (Å²) in [5.41, 5.74) is 7.16. The number of likely N-dealkylation sites (tertiary alicyclic amines) is 1. The summed E-state index contributed by atoms with van der Waals surface area (Å²) in [5, 5.41) is 11.1. The largest absolute Gasteiger partial charge is 0.459 e. The van der Waals surface area contributed by atoms with E-state index in [1.165, 1.54) is 4.90 Å². The first-order chi connectivity index (χ1) is 26.7. The molecule has 14 heteroatoms. The molecule has 0 saturated carbocycles. The molecule has 1 fully saturated rings. The van der Waals surface area contributed by atoms with Crippen molar-refractivity contribution in [2.24, 2.45) is 23.5 Å². The number of rotatable bonds is 22. The van der Waals surface area contributed by atoms with Crippen LogP contribution in [0, 0.1) is 17.8 Å². The summed E-state index contributed by atoms with van der Waals surface area (Å²) in [6.45, 7) is 11.5. The van der Waals surface area contributed by atoms with Gasteiger partial charge < -0.3 is 41.4 Å². The molecule has 5 atom stereocenters. The molecule has 0 aliphatic carbocycles. The molecule has 2 aromatic rings. The summed E-state index contributed by atoms with van der Waals surface area (Å²) in [4.78, 5) is 82.5. The molecule has 0 spiro atoms. The van der Waals surface area contributed by atoms with Crippen LogP contribution in [0.2, 0.25) is 0 Å². The van der Waals surface area contributed by atoms with Crippen molar-refractivity contribution in [1.82, 2.24) is 26.2 Å². The van der Waals surface area contributed by atoms with Crippen LogP contribution < -0.4 is 27.0 Å². The van der Waals surface area contributed by atoms with E-state index in [-0.39, 0.29) is 56.4 Å². The van der Waals surface area contributed by atoms with Gasteiger partial charge in [0.25, 0.3) is 0 Å². The van der Waals surface area contributed by atoms with Crippen molar-refractivity contribution in [2.45, 2.75) is 117 Å². The van der Waals surface area contributed by atoms with Crippen LogP contribution >= 0.6 is 0 Å². The lowest BCUT2D eigenvalue weighted by Crippen LogP contribution is -2.59. The van der Waals surface area contributed by atoms with Gasteiger partial charge in [-0.1, -0.05) is 102 Å². The average Bonchev–Trinajstić information content (AvgIpc) is 3.66. The molecule has 3 rings (SSSR count). The molecule has 1 aliphatic rings. The van der Waals surface area contributed by atoms with Gasteiger partial charge in [0.2, 0.25) is 29.5 Å². The van der Waals surface area contributed by atoms with Crippen LogP contribution in [0.25, 0.3) is 0 Å². The zero-order chi connectivity index (χ0) is 41.2. The lowest BCUT2D eigenvalue weighted by molar-refractivity contribution is -0.150. The lowest BCUT2D eigenvalue weighted by atomic mass is 10.0. The minimum atomic E-state index is -1.23. The maximum absolute atomic E-state index is 14.0. The van der Waals surface area contributed by atoms with Gasteiger partial charge in [0, 0.05) is 6.54 Å². The van der Waals surface area contributed by atoms with E-state index in [1.807, 2.05) is 102 Å². The number of nitrogens with two attached hydrogens (primary N) is 1. The van der Waals surface area contributed by atoms with E-state index < -0.39 is 59.8 Å². The van der Waals surface area contributed by atoms with Crippen molar-refractivity contribution in [1.29, 1.82) is 0 Å². The topological polar surface area (TPSA) is 198 Å². The lowest BCUT2D eigenvalue weighted by Gasteiger charge is -2.31. The van der Waals surface area contributed by atoms with Crippen molar-refractivity contribution in [3.8, 4) is 0 Å². The van der Waals surface area contributed by atoms with Crippen LogP contribution in [0.5, 0.6) is 0 Å². The molecule has 5 amide bonds. The second-order valence-electron chi connectivity index (χ2n) is 15.7. The fourth-order valence-corrected chi connectivity index (χ4v) is 6.53. The minimum absolute atomic E-state index is 0.0252. The van der Waals surface area contributed by atoms with E-state index in [0.717, 1.165) is 11.1 Å². The number of amides is 5. The van der Waals surface area contributed by atoms with Gasteiger partial charge >= 0.3 is 5.97 Å². The number of benzene rings is 2. The van der Waals surface area contributed by atoms with Gasteiger partial charge in [0.15, 0.2) is 0 Å². The Balaban J connectivity index is 1.79. The number of hydrogen-bond acceptors (Lipinski definition) is 9. The van der Waals surface area contributed by atoms with E-state index in [4.69, 9.17) is 15.2 Å². The maximum atomic E-state index is 14.0. The first-order valence-corrected chi connectivity index (χ1v) is 19.7. The highest BCUT2D eigenvalue weighted by Gasteiger charge is 2.39. The van der Waals surface area contributed by atoms with Gasteiger partial charge in [-0.3, -0.25) is 24.0 Å². The van der Waals surface area contributed by atoms with Crippen molar-refractivity contribution < 1.29 is 38.2 Å². The van der Waals surface area contributed by atoms with E-state index in [2.05, 4.69) is 21.3 Å². The molecule has 0 bridgehead atoms. The smallest absolute Gasteiger partial charge is 0.328 e. The van der Waals surface area contributed by atoms with E-state index in [0.29, 0.717) is 32.2 Å². The highest BCUT2D eigenvalue weighted by Crippen LogP contribution is 2.21. The predicted octanol–water partition coefficient (Wildman–Crippen LogP) is 2.97. The predicted molar refractivity (Wildman–Crippen MR) is 212 cm³/mol. The molecule has 14 nitrogen and oxygen atoms in total. The third-order valence-corrected chi connectivity index (χ3v) is 9.27. The molecule has 2 aromatic carbocycles. The highest BCUT2D eigenvalue weighted by molar-refractivity contribution is 5.96. The Morgan fingerprint density at radius 3 is 1.77 bits per heavy atom.